The summed E-state index contributed by atoms with van der Waals surface area (Å²) in [6.45, 7) is 6.75. The predicted octanol–water partition coefficient (Wildman–Crippen LogP) is 0.955. The molecule has 2 rings (SSSR count). The first-order valence-corrected chi connectivity index (χ1v) is 8.64. The molecule has 0 aromatic carbocycles. The zero-order valence-corrected chi connectivity index (χ0v) is 12.9. The molecule has 0 radical (unpaired) electrons. The largest absolute Gasteiger partial charge is 0.391 e. The van der Waals surface area contributed by atoms with Gasteiger partial charge < -0.3 is 5.11 Å². The maximum atomic E-state index is 12.4. The fourth-order valence-electron chi connectivity index (χ4n) is 2.17. The van der Waals surface area contributed by atoms with Crippen molar-refractivity contribution in [3.63, 3.8) is 0 Å². The molecule has 0 saturated carbocycles. The number of hydrogen-bond donors (Lipinski definition) is 1. The zero-order chi connectivity index (χ0) is 14.0. The minimum absolute atomic E-state index is 0.110. The summed E-state index contributed by atoms with van der Waals surface area (Å²) >= 11 is 1.15. The number of rotatable bonds is 4. The van der Waals surface area contributed by atoms with Crippen LogP contribution < -0.4 is 0 Å². The third-order valence-corrected chi connectivity index (χ3v) is 6.83. The average Bonchev–Trinajstić information content (AvgIpc) is 2.88. The van der Waals surface area contributed by atoms with Crippen LogP contribution in [0.5, 0.6) is 0 Å². The van der Waals surface area contributed by atoms with Gasteiger partial charge in [-0.2, -0.15) is 4.31 Å². The molecule has 0 aliphatic carbocycles. The molecule has 1 aliphatic heterocycles. The van der Waals surface area contributed by atoms with Gasteiger partial charge in [0.1, 0.15) is 4.21 Å². The van der Waals surface area contributed by atoms with Crippen LogP contribution in [-0.2, 0) is 16.6 Å². The van der Waals surface area contributed by atoms with Gasteiger partial charge in [0, 0.05) is 37.1 Å². The maximum absolute atomic E-state index is 12.4. The highest BCUT2D eigenvalue weighted by molar-refractivity contribution is 7.91. The van der Waals surface area contributed by atoms with Gasteiger partial charge in [-0.25, -0.2) is 8.42 Å². The summed E-state index contributed by atoms with van der Waals surface area (Å²) in [4.78, 5) is 2.96. The minimum Gasteiger partial charge on any atom is -0.391 e. The number of thiophene rings is 1. The van der Waals surface area contributed by atoms with Crippen molar-refractivity contribution in [2.75, 3.05) is 26.2 Å². The molecule has 1 fully saturated rings. The summed E-state index contributed by atoms with van der Waals surface area (Å²) in [6.07, 6.45) is 0. The van der Waals surface area contributed by atoms with E-state index in [1.165, 1.54) is 0 Å². The van der Waals surface area contributed by atoms with Gasteiger partial charge in [0.2, 0.25) is 0 Å². The second-order valence-electron chi connectivity index (χ2n) is 4.91. The number of hydrogen-bond acceptors (Lipinski definition) is 5. The van der Waals surface area contributed by atoms with E-state index in [1.807, 2.05) is 0 Å². The average molecular weight is 304 g/mol. The molecule has 0 spiro atoms. The van der Waals surface area contributed by atoms with E-state index in [0.29, 0.717) is 28.2 Å². The third-order valence-electron chi connectivity index (χ3n) is 3.39. The third kappa shape index (κ3) is 3.17. The van der Waals surface area contributed by atoms with Gasteiger partial charge in [-0.1, -0.05) is 0 Å². The van der Waals surface area contributed by atoms with E-state index >= 15 is 0 Å². The van der Waals surface area contributed by atoms with E-state index in [-0.39, 0.29) is 6.61 Å². The summed E-state index contributed by atoms with van der Waals surface area (Å²) in [5.74, 6) is 0. The lowest BCUT2D eigenvalue weighted by Gasteiger charge is -2.35. The Morgan fingerprint density at radius 1 is 1.26 bits per heavy atom. The molecular formula is C12H20N2O3S2. The van der Waals surface area contributed by atoms with Gasteiger partial charge in [-0.05, 0) is 26.0 Å². The highest BCUT2D eigenvalue weighted by Crippen LogP contribution is 2.25. The van der Waals surface area contributed by atoms with Crippen LogP contribution in [-0.4, -0.2) is 55.0 Å². The molecule has 2 heterocycles. The second-order valence-corrected chi connectivity index (χ2v) is 8.25. The van der Waals surface area contributed by atoms with E-state index in [0.717, 1.165) is 24.4 Å². The van der Waals surface area contributed by atoms with Crippen molar-refractivity contribution >= 4 is 21.4 Å². The van der Waals surface area contributed by atoms with Crippen LogP contribution >= 0.6 is 11.3 Å². The van der Waals surface area contributed by atoms with Crippen LogP contribution in [0.3, 0.4) is 0 Å². The van der Waals surface area contributed by atoms with Gasteiger partial charge >= 0.3 is 0 Å². The van der Waals surface area contributed by atoms with Gasteiger partial charge in [-0.3, -0.25) is 4.90 Å². The standard InChI is InChI=1S/C12H20N2O3S2/c1-10(2)13-5-7-14(8-6-13)19(16,17)12-4-3-11(9-15)18-12/h3-4,10,15H,5-9H2,1-2H3. The summed E-state index contributed by atoms with van der Waals surface area (Å²) in [5.41, 5.74) is 0. The van der Waals surface area contributed by atoms with Gasteiger partial charge in [0.15, 0.2) is 0 Å². The Labute approximate surface area is 118 Å². The quantitative estimate of drug-likeness (QED) is 0.900. The number of aliphatic hydroxyl groups is 1. The number of sulfonamides is 1. The topological polar surface area (TPSA) is 60.9 Å². The molecule has 7 heteroatoms. The molecule has 1 N–H and O–H groups in total. The Hall–Kier alpha value is -0.470. The van der Waals surface area contributed by atoms with E-state index in [9.17, 15) is 8.42 Å². The molecule has 0 amide bonds. The molecule has 5 nitrogen and oxygen atoms in total. The molecule has 0 atom stereocenters. The fraction of sp³-hybridized carbons (Fsp3) is 0.667. The van der Waals surface area contributed by atoms with Crippen molar-refractivity contribution in [1.29, 1.82) is 0 Å². The number of aliphatic hydroxyl groups excluding tert-OH is 1. The normalized spacial score (nSPS) is 19.2. The van der Waals surface area contributed by atoms with Crippen LogP contribution in [0.15, 0.2) is 16.3 Å². The Morgan fingerprint density at radius 2 is 1.89 bits per heavy atom. The maximum Gasteiger partial charge on any atom is 0.252 e. The molecule has 1 aromatic rings. The second kappa shape index (κ2) is 5.88. The monoisotopic (exact) mass is 304 g/mol. The van der Waals surface area contributed by atoms with Gasteiger partial charge in [0.05, 0.1) is 6.61 Å². The lowest BCUT2D eigenvalue weighted by atomic mass is 10.3. The molecule has 1 saturated heterocycles. The van der Waals surface area contributed by atoms with Crippen molar-refractivity contribution in [3.05, 3.63) is 17.0 Å². The first kappa shape index (κ1) is 14.9. The minimum atomic E-state index is -3.39. The summed E-state index contributed by atoms with van der Waals surface area (Å²) in [5, 5.41) is 9.02. The number of nitrogens with zero attached hydrogens (tertiary/aromatic N) is 2. The fourth-order valence-corrected chi connectivity index (χ4v) is 4.96. The van der Waals surface area contributed by atoms with Crippen LogP contribution in [0.2, 0.25) is 0 Å². The molecule has 108 valence electrons. The highest BCUT2D eigenvalue weighted by atomic mass is 32.2. The Balaban J connectivity index is 2.09. The van der Waals surface area contributed by atoms with Crippen molar-refractivity contribution in [3.8, 4) is 0 Å². The Kier molecular flexibility index (Phi) is 4.62. The van der Waals surface area contributed by atoms with Crippen molar-refractivity contribution in [2.45, 2.75) is 30.7 Å². The first-order valence-electron chi connectivity index (χ1n) is 6.39. The van der Waals surface area contributed by atoms with Crippen LogP contribution in [0.25, 0.3) is 0 Å². The van der Waals surface area contributed by atoms with E-state index in [1.54, 1.807) is 16.4 Å². The summed E-state index contributed by atoms with van der Waals surface area (Å²) in [6, 6.07) is 3.70. The molecular weight excluding hydrogens is 284 g/mol. The van der Waals surface area contributed by atoms with Crippen molar-refractivity contribution in [2.24, 2.45) is 0 Å². The smallest absolute Gasteiger partial charge is 0.252 e. The molecule has 0 bridgehead atoms. The molecule has 0 unspecified atom stereocenters. The highest BCUT2D eigenvalue weighted by Gasteiger charge is 2.30. The first-order chi connectivity index (χ1) is 8.95. The SMILES string of the molecule is CC(C)N1CCN(S(=O)(=O)c2ccc(CO)s2)CC1. The Bertz CT molecular complexity index is 517. The van der Waals surface area contributed by atoms with Gasteiger partial charge in [0.25, 0.3) is 10.0 Å². The van der Waals surface area contributed by atoms with E-state index in [4.69, 9.17) is 5.11 Å². The molecule has 1 aromatic heterocycles. The van der Waals surface area contributed by atoms with Crippen LogP contribution in [0, 0.1) is 0 Å². The zero-order valence-electron chi connectivity index (χ0n) is 11.2. The van der Waals surface area contributed by atoms with E-state index in [2.05, 4.69) is 18.7 Å². The summed E-state index contributed by atoms with van der Waals surface area (Å²) < 4.78 is 26.7. The van der Waals surface area contributed by atoms with Crippen LogP contribution in [0.1, 0.15) is 18.7 Å². The molecule has 19 heavy (non-hydrogen) atoms. The van der Waals surface area contributed by atoms with Crippen LogP contribution in [0.4, 0.5) is 0 Å². The van der Waals surface area contributed by atoms with Gasteiger partial charge in [-0.15, -0.1) is 11.3 Å². The lowest BCUT2D eigenvalue weighted by molar-refractivity contribution is 0.154. The predicted molar refractivity (Wildman–Crippen MR) is 75.7 cm³/mol. The van der Waals surface area contributed by atoms with Crippen molar-refractivity contribution < 1.29 is 13.5 Å². The Morgan fingerprint density at radius 3 is 2.37 bits per heavy atom. The summed E-state index contributed by atoms with van der Waals surface area (Å²) in [7, 11) is -3.39. The molecule has 1 aliphatic rings. The van der Waals surface area contributed by atoms with E-state index < -0.39 is 10.0 Å². The van der Waals surface area contributed by atoms with Crippen molar-refractivity contribution in [1.82, 2.24) is 9.21 Å². The number of piperazine rings is 1. The lowest BCUT2D eigenvalue weighted by Crippen LogP contribution is -2.50.